The standard InChI is InChI=1S/C18H21N3O2/c22-17(23)18-7-1-2-15(18)11-20(12-18)10-14-3-5-16(6-4-14)21-9-8-19-13-21/h3-6,8-9,13,15H,1-2,7,10-12H2,(H,22,23)/t15-,18+/m0/s1. The fourth-order valence-corrected chi connectivity index (χ4v) is 4.31. The van der Waals surface area contributed by atoms with E-state index in [0.717, 1.165) is 38.0 Å². The molecule has 5 heteroatoms. The number of fused-ring (bicyclic) bond motifs is 1. The zero-order valence-corrected chi connectivity index (χ0v) is 13.1. The molecule has 1 N–H and O–H groups in total. The van der Waals surface area contributed by atoms with Crippen molar-refractivity contribution >= 4 is 5.97 Å². The number of benzene rings is 1. The van der Waals surface area contributed by atoms with Crippen molar-refractivity contribution in [3.8, 4) is 5.69 Å². The van der Waals surface area contributed by atoms with Crippen LogP contribution in [0.5, 0.6) is 0 Å². The van der Waals surface area contributed by atoms with Crippen LogP contribution in [0.15, 0.2) is 43.0 Å². The zero-order chi connectivity index (χ0) is 15.9. The lowest BCUT2D eigenvalue weighted by molar-refractivity contribution is -0.149. The lowest BCUT2D eigenvalue weighted by Gasteiger charge is -2.23. The van der Waals surface area contributed by atoms with Crippen LogP contribution in [0.4, 0.5) is 0 Å². The maximum Gasteiger partial charge on any atom is 0.311 e. The summed E-state index contributed by atoms with van der Waals surface area (Å²) in [6, 6.07) is 8.41. The van der Waals surface area contributed by atoms with Gasteiger partial charge in [-0.3, -0.25) is 9.69 Å². The molecule has 2 aliphatic rings. The molecule has 1 aliphatic heterocycles. The Balaban J connectivity index is 1.46. The Kier molecular flexibility index (Phi) is 3.45. The Morgan fingerprint density at radius 1 is 1.35 bits per heavy atom. The summed E-state index contributed by atoms with van der Waals surface area (Å²) in [6.07, 6.45) is 8.43. The van der Waals surface area contributed by atoms with Crippen LogP contribution in [-0.2, 0) is 11.3 Å². The number of carboxylic acids is 1. The van der Waals surface area contributed by atoms with Gasteiger partial charge in [0.2, 0.25) is 0 Å². The number of hydrogen-bond acceptors (Lipinski definition) is 3. The summed E-state index contributed by atoms with van der Waals surface area (Å²) in [5.41, 5.74) is 1.83. The Labute approximate surface area is 135 Å². The normalized spacial score (nSPS) is 27.2. The quantitative estimate of drug-likeness (QED) is 0.943. The largest absolute Gasteiger partial charge is 0.481 e. The molecule has 1 aromatic heterocycles. The first-order valence-corrected chi connectivity index (χ1v) is 8.20. The van der Waals surface area contributed by atoms with Crippen LogP contribution in [0.3, 0.4) is 0 Å². The van der Waals surface area contributed by atoms with Crippen molar-refractivity contribution in [2.75, 3.05) is 13.1 Å². The summed E-state index contributed by atoms with van der Waals surface area (Å²) in [7, 11) is 0. The average molecular weight is 311 g/mol. The Bertz CT molecular complexity index is 696. The third kappa shape index (κ3) is 2.45. The molecule has 4 rings (SSSR count). The molecule has 0 bridgehead atoms. The molecule has 120 valence electrons. The average Bonchev–Trinajstić information content (AvgIpc) is 3.23. The highest BCUT2D eigenvalue weighted by Gasteiger charge is 2.54. The molecular formula is C18H21N3O2. The predicted octanol–water partition coefficient (Wildman–Crippen LogP) is 2.56. The van der Waals surface area contributed by atoms with Crippen LogP contribution in [0.25, 0.3) is 5.69 Å². The Morgan fingerprint density at radius 3 is 2.83 bits per heavy atom. The molecular weight excluding hydrogens is 290 g/mol. The van der Waals surface area contributed by atoms with E-state index in [2.05, 4.69) is 34.1 Å². The zero-order valence-electron chi connectivity index (χ0n) is 13.1. The van der Waals surface area contributed by atoms with Gasteiger partial charge in [-0.05, 0) is 36.5 Å². The molecule has 2 atom stereocenters. The maximum absolute atomic E-state index is 11.7. The highest BCUT2D eigenvalue weighted by atomic mass is 16.4. The number of aromatic nitrogens is 2. The van der Waals surface area contributed by atoms with Gasteiger partial charge in [0.15, 0.2) is 0 Å². The van der Waals surface area contributed by atoms with E-state index < -0.39 is 11.4 Å². The van der Waals surface area contributed by atoms with E-state index >= 15 is 0 Å². The smallest absolute Gasteiger partial charge is 0.311 e. The lowest BCUT2D eigenvalue weighted by Crippen LogP contribution is -2.35. The number of likely N-dealkylation sites (tertiary alicyclic amines) is 1. The topological polar surface area (TPSA) is 58.4 Å². The van der Waals surface area contributed by atoms with Gasteiger partial charge in [0.1, 0.15) is 0 Å². The van der Waals surface area contributed by atoms with Gasteiger partial charge in [-0.15, -0.1) is 0 Å². The molecule has 1 saturated carbocycles. The van der Waals surface area contributed by atoms with Crippen molar-refractivity contribution < 1.29 is 9.90 Å². The van der Waals surface area contributed by atoms with Crippen LogP contribution < -0.4 is 0 Å². The van der Waals surface area contributed by atoms with Crippen molar-refractivity contribution in [1.82, 2.24) is 14.5 Å². The highest BCUT2D eigenvalue weighted by Crippen LogP contribution is 2.49. The molecule has 0 radical (unpaired) electrons. The van der Waals surface area contributed by atoms with Crippen molar-refractivity contribution in [2.45, 2.75) is 25.8 Å². The summed E-state index contributed by atoms with van der Waals surface area (Å²) >= 11 is 0. The lowest BCUT2D eigenvalue weighted by atomic mass is 9.81. The summed E-state index contributed by atoms with van der Waals surface area (Å²) in [6.45, 7) is 2.43. The molecule has 5 nitrogen and oxygen atoms in total. The molecule has 2 fully saturated rings. The second kappa shape index (κ2) is 5.49. The molecule has 23 heavy (non-hydrogen) atoms. The van der Waals surface area contributed by atoms with Gasteiger partial charge in [0, 0.05) is 37.7 Å². The van der Waals surface area contributed by atoms with Gasteiger partial charge in [-0.1, -0.05) is 18.6 Å². The molecule has 0 spiro atoms. The van der Waals surface area contributed by atoms with Crippen LogP contribution >= 0.6 is 0 Å². The van der Waals surface area contributed by atoms with Crippen molar-refractivity contribution in [3.05, 3.63) is 48.5 Å². The number of aliphatic carboxylic acids is 1. The fraction of sp³-hybridized carbons (Fsp3) is 0.444. The van der Waals surface area contributed by atoms with E-state index in [1.807, 2.05) is 10.8 Å². The SMILES string of the molecule is O=C(O)[C@@]12CCC[C@H]1CN(Cc1ccc(-n3ccnc3)cc1)C2. The number of nitrogens with zero attached hydrogens (tertiary/aromatic N) is 3. The third-order valence-corrected chi connectivity index (χ3v) is 5.51. The predicted molar refractivity (Wildman–Crippen MR) is 86.3 cm³/mol. The van der Waals surface area contributed by atoms with E-state index in [1.54, 1.807) is 12.5 Å². The Morgan fingerprint density at radius 2 is 2.17 bits per heavy atom. The molecule has 1 aromatic carbocycles. The van der Waals surface area contributed by atoms with Gasteiger partial charge in [0.05, 0.1) is 11.7 Å². The van der Waals surface area contributed by atoms with Gasteiger partial charge in [-0.25, -0.2) is 4.98 Å². The van der Waals surface area contributed by atoms with Crippen LogP contribution in [0, 0.1) is 11.3 Å². The Hall–Kier alpha value is -2.14. The molecule has 0 unspecified atom stereocenters. The van der Waals surface area contributed by atoms with Crippen molar-refractivity contribution in [2.24, 2.45) is 11.3 Å². The van der Waals surface area contributed by atoms with Crippen LogP contribution in [0.2, 0.25) is 0 Å². The number of imidazole rings is 1. The monoisotopic (exact) mass is 311 g/mol. The minimum atomic E-state index is -0.599. The van der Waals surface area contributed by atoms with Gasteiger partial charge >= 0.3 is 5.97 Å². The van der Waals surface area contributed by atoms with E-state index in [0.29, 0.717) is 12.5 Å². The number of carboxylic acid groups (broad SMARTS) is 1. The summed E-state index contributed by atoms with van der Waals surface area (Å²) in [5, 5.41) is 9.66. The van der Waals surface area contributed by atoms with E-state index in [-0.39, 0.29) is 0 Å². The van der Waals surface area contributed by atoms with Crippen LogP contribution in [0.1, 0.15) is 24.8 Å². The van der Waals surface area contributed by atoms with Gasteiger partial charge in [0.25, 0.3) is 0 Å². The van der Waals surface area contributed by atoms with Gasteiger partial charge in [-0.2, -0.15) is 0 Å². The first-order valence-electron chi connectivity index (χ1n) is 8.20. The number of rotatable bonds is 4. The minimum absolute atomic E-state index is 0.324. The van der Waals surface area contributed by atoms with Crippen molar-refractivity contribution in [3.63, 3.8) is 0 Å². The summed E-state index contributed by atoms with van der Waals surface area (Å²) in [4.78, 5) is 18.1. The highest BCUT2D eigenvalue weighted by molar-refractivity contribution is 5.76. The molecule has 2 heterocycles. The van der Waals surface area contributed by atoms with E-state index in [9.17, 15) is 9.90 Å². The van der Waals surface area contributed by atoms with E-state index in [4.69, 9.17) is 0 Å². The fourth-order valence-electron chi connectivity index (χ4n) is 4.31. The first kappa shape index (κ1) is 14.5. The van der Waals surface area contributed by atoms with E-state index in [1.165, 1.54) is 5.56 Å². The third-order valence-electron chi connectivity index (χ3n) is 5.51. The molecule has 1 saturated heterocycles. The minimum Gasteiger partial charge on any atom is -0.481 e. The summed E-state index contributed by atoms with van der Waals surface area (Å²) in [5.74, 6) is -0.275. The van der Waals surface area contributed by atoms with Crippen molar-refractivity contribution in [1.29, 1.82) is 0 Å². The molecule has 0 amide bonds. The summed E-state index contributed by atoms with van der Waals surface area (Å²) < 4.78 is 1.98. The van der Waals surface area contributed by atoms with Gasteiger partial charge < -0.3 is 9.67 Å². The number of hydrogen-bond donors (Lipinski definition) is 1. The maximum atomic E-state index is 11.7. The first-order chi connectivity index (χ1) is 11.2. The second-order valence-corrected chi connectivity index (χ2v) is 6.86. The molecule has 1 aliphatic carbocycles. The molecule has 2 aromatic rings. The van der Waals surface area contributed by atoms with Crippen LogP contribution in [-0.4, -0.2) is 38.6 Å². The second-order valence-electron chi connectivity index (χ2n) is 6.86. The number of carbonyl (C=O) groups is 1.